The zero-order chi connectivity index (χ0) is 22.9. The lowest BCUT2D eigenvalue weighted by atomic mass is 9.95. The highest BCUT2D eigenvalue weighted by Gasteiger charge is 2.28. The Bertz CT molecular complexity index is 897. The Hall–Kier alpha value is -2.29. The Morgan fingerprint density at radius 1 is 1.09 bits per heavy atom. The van der Waals surface area contributed by atoms with E-state index in [0.29, 0.717) is 18.0 Å². The summed E-state index contributed by atoms with van der Waals surface area (Å²) in [6.07, 6.45) is 5.49. The summed E-state index contributed by atoms with van der Waals surface area (Å²) in [5.74, 6) is 0.976. The standard InChI is InChI=1S/C25H31IN2O4/c1-18(25(30)27-21-8-4-3-5-9-21)28(16-19-7-6-10-23(15-19)31-2)24(29)17-32-22-13-11-20(26)12-14-22/h6-7,10-15,18,21H,3-5,8-9,16-17H2,1-2H3,(H,27,30). The molecule has 0 bridgehead atoms. The molecule has 2 aromatic rings. The molecular weight excluding hydrogens is 519 g/mol. The van der Waals surface area contributed by atoms with Crippen LogP contribution in [0, 0.1) is 3.57 Å². The number of hydrogen-bond acceptors (Lipinski definition) is 4. The number of halogens is 1. The van der Waals surface area contributed by atoms with Crippen molar-refractivity contribution in [1.82, 2.24) is 10.2 Å². The van der Waals surface area contributed by atoms with Crippen molar-refractivity contribution in [2.24, 2.45) is 0 Å². The smallest absolute Gasteiger partial charge is 0.261 e. The molecule has 0 radical (unpaired) electrons. The van der Waals surface area contributed by atoms with Gasteiger partial charge in [-0.2, -0.15) is 0 Å². The molecule has 0 heterocycles. The van der Waals surface area contributed by atoms with Crippen molar-refractivity contribution in [3.63, 3.8) is 0 Å². The Labute approximate surface area is 203 Å². The Morgan fingerprint density at radius 3 is 2.50 bits per heavy atom. The van der Waals surface area contributed by atoms with Crippen molar-refractivity contribution in [2.75, 3.05) is 13.7 Å². The number of methoxy groups -OCH3 is 1. The van der Waals surface area contributed by atoms with Crippen molar-refractivity contribution in [3.05, 3.63) is 57.7 Å². The molecule has 0 aliphatic heterocycles. The zero-order valence-electron chi connectivity index (χ0n) is 18.7. The third-order valence-electron chi connectivity index (χ3n) is 5.78. The third kappa shape index (κ3) is 7.12. The van der Waals surface area contributed by atoms with Crippen LogP contribution in [0.3, 0.4) is 0 Å². The van der Waals surface area contributed by atoms with Gasteiger partial charge in [0, 0.05) is 16.2 Å². The summed E-state index contributed by atoms with van der Waals surface area (Å²) >= 11 is 2.22. The van der Waals surface area contributed by atoms with Crippen LogP contribution in [0.5, 0.6) is 11.5 Å². The van der Waals surface area contributed by atoms with Crippen molar-refractivity contribution < 1.29 is 19.1 Å². The predicted octanol–water partition coefficient (Wildman–Crippen LogP) is 4.54. The minimum absolute atomic E-state index is 0.123. The van der Waals surface area contributed by atoms with Gasteiger partial charge in [0.05, 0.1) is 7.11 Å². The largest absolute Gasteiger partial charge is 0.497 e. The SMILES string of the molecule is COc1cccc(CN(C(=O)COc2ccc(I)cc2)C(C)C(=O)NC2CCCCC2)c1. The van der Waals surface area contributed by atoms with E-state index in [0.717, 1.165) is 34.8 Å². The molecule has 1 aliphatic carbocycles. The molecule has 6 nitrogen and oxygen atoms in total. The highest BCUT2D eigenvalue weighted by molar-refractivity contribution is 14.1. The molecule has 2 amide bonds. The van der Waals surface area contributed by atoms with Gasteiger partial charge in [-0.1, -0.05) is 31.4 Å². The second-order valence-corrected chi connectivity index (χ2v) is 9.38. The number of nitrogens with zero attached hydrogens (tertiary/aromatic N) is 1. The summed E-state index contributed by atoms with van der Waals surface area (Å²) in [5.41, 5.74) is 0.893. The van der Waals surface area contributed by atoms with E-state index in [4.69, 9.17) is 9.47 Å². The average Bonchev–Trinajstić information content (AvgIpc) is 2.82. The van der Waals surface area contributed by atoms with Crippen LogP contribution in [0.2, 0.25) is 0 Å². The van der Waals surface area contributed by atoms with Crippen molar-refractivity contribution in [1.29, 1.82) is 0 Å². The van der Waals surface area contributed by atoms with Crippen LogP contribution >= 0.6 is 22.6 Å². The Balaban J connectivity index is 1.71. The van der Waals surface area contributed by atoms with Gasteiger partial charge in [-0.05, 0) is 84.3 Å². The van der Waals surface area contributed by atoms with Crippen LogP contribution in [-0.4, -0.2) is 42.5 Å². The third-order valence-corrected chi connectivity index (χ3v) is 6.50. The van der Waals surface area contributed by atoms with E-state index < -0.39 is 6.04 Å². The van der Waals surface area contributed by atoms with Crippen molar-refractivity contribution in [2.45, 2.75) is 57.7 Å². The van der Waals surface area contributed by atoms with Gasteiger partial charge in [0.2, 0.25) is 5.91 Å². The minimum atomic E-state index is -0.615. The number of hydrogen-bond donors (Lipinski definition) is 1. The molecule has 7 heteroatoms. The fraction of sp³-hybridized carbons (Fsp3) is 0.440. The first kappa shape index (κ1) is 24.4. The van der Waals surface area contributed by atoms with E-state index in [2.05, 4.69) is 27.9 Å². The molecule has 0 saturated heterocycles. The lowest BCUT2D eigenvalue weighted by molar-refractivity contribution is -0.142. The first-order chi connectivity index (χ1) is 15.5. The van der Waals surface area contributed by atoms with Gasteiger partial charge in [-0.15, -0.1) is 0 Å². The first-order valence-corrected chi connectivity index (χ1v) is 12.2. The number of rotatable bonds is 9. The predicted molar refractivity (Wildman–Crippen MR) is 133 cm³/mol. The van der Waals surface area contributed by atoms with Gasteiger partial charge in [0.15, 0.2) is 6.61 Å². The fourth-order valence-electron chi connectivity index (χ4n) is 3.88. The molecule has 1 saturated carbocycles. The number of carbonyl (C=O) groups is 2. The van der Waals surface area contributed by atoms with Crippen molar-refractivity contribution >= 4 is 34.4 Å². The van der Waals surface area contributed by atoms with E-state index in [9.17, 15) is 9.59 Å². The molecule has 1 unspecified atom stereocenters. The number of carbonyl (C=O) groups excluding carboxylic acids is 2. The molecule has 0 aromatic heterocycles. The molecule has 0 spiro atoms. The molecular formula is C25H31IN2O4. The fourth-order valence-corrected chi connectivity index (χ4v) is 4.24. The summed E-state index contributed by atoms with van der Waals surface area (Å²) in [6.45, 7) is 1.94. The number of ether oxygens (including phenoxy) is 2. The van der Waals surface area contributed by atoms with Crippen LogP contribution in [0.15, 0.2) is 48.5 Å². The van der Waals surface area contributed by atoms with Gasteiger partial charge in [-0.3, -0.25) is 9.59 Å². The van der Waals surface area contributed by atoms with Crippen LogP contribution < -0.4 is 14.8 Å². The van der Waals surface area contributed by atoms with E-state index in [1.165, 1.54) is 6.42 Å². The minimum Gasteiger partial charge on any atom is -0.497 e. The molecule has 1 N–H and O–H groups in total. The monoisotopic (exact) mass is 550 g/mol. The van der Waals surface area contributed by atoms with Gasteiger partial charge < -0.3 is 19.7 Å². The topological polar surface area (TPSA) is 67.9 Å². The van der Waals surface area contributed by atoms with Crippen LogP contribution in [0.25, 0.3) is 0 Å². The maximum Gasteiger partial charge on any atom is 0.261 e. The first-order valence-electron chi connectivity index (χ1n) is 11.1. The molecule has 1 aliphatic rings. The second-order valence-electron chi connectivity index (χ2n) is 8.14. The van der Waals surface area contributed by atoms with E-state index in [1.807, 2.05) is 48.5 Å². The summed E-state index contributed by atoms with van der Waals surface area (Å²) in [6, 6.07) is 14.6. The molecule has 1 atom stereocenters. The maximum absolute atomic E-state index is 13.2. The molecule has 172 valence electrons. The molecule has 2 aromatic carbocycles. The van der Waals surface area contributed by atoms with E-state index in [1.54, 1.807) is 18.9 Å². The average molecular weight is 550 g/mol. The van der Waals surface area contributed by atoms with Crippen molar-refractivity contribution in [3.8, 4) is 11.5 Å². The van der Waals surface area contributed by atoms with E-state index in [-0.39, 0.29) is 24.5 Å². The quantitative estimate of drug-likeness (QED) is 0.466. The summed E-state index contributed by atoms with van der Waals surface area (Å²) in [5, 5.41) is 3.14. The van der Waals surface area contributed by atoms with Gasteiger partial charge in [0.1, 0.15) is 17.5 Å². The summed E-state index contributed by atoms with van der Waals surface area (Å²) in [7, 11) is 1.61. The highest BCUT2D eigenvalue weighted by Crippen LogP contribution is 2.20. The Kier molecular flexibility index (Phi) is 9.20. The highest BCUT2D eigenvalue weighted by atomic mass is 127. The Morgan fingerprint density at radius 2 is 1.81 bits per heavy atom. The molecule has 3 rings (SSSR count). The second kappa shape index (κ2) is 12.1. The summed E-state index contributed by atoms with van der Waals surface area (Å²) in [4.78, 5) is 27.8. The maximum atomic E-state index is 13.2. The van der Waals surface area contributed by atoms with Gasteiger partial charge in [0.25, 0.3) is 5.91 Å². The molecule has 32 heavy (non-hydrogen) atoms. The number of benzene rings is 2. The van der Waals surface area contributed by atoms with Gasteiger partial charge in [-0.25, -0.2) is 0 Å². The van der Waals surface area contributed by atoms with Crippen LogP contribution in [-0.2, 0) is 16.1 Å². The number of amides is 2. The van der Waals surface area contributed by atoms with Crippen LogP contribution in [0.1, 0.15) is 44.6 Å². The van der Waals surface area contributed by atoms with Gasteiger partial charge >= 0.3 is 0 Å². The molecule has 1 fully saturated rings. The zero-order valence-corrected chi connectivity index (χ0v) is 20.8. The normalized spacial score (nSPS) is 15.0. The number of nitrogens with one attached hydrogen (secondary N) is 1. The van der Waals surface area contributed by atoms with E-state index >= 15 is 0 Å². The van der Waals surface area contributed by atoms with Crippen LogP contribution in [0.4, 0.5) is 0 Å². The lowest BCUT2D eigenvalue weighted by Gasteiger charge is -2.31. The summed E-state index contributed by atoms with van der Waals surface area (Å²) < 4.78 is 12.1. The lowest BCUT2D eigenvalue weighted by Crippen LogP contribution is -2.51.